The Morgan fingerprint density at radius 3 is 3.22 bits per heavy atom. The molecule has 0 spiro atoms. The first kappa shape index (κ1) is 13.5. The third-order valence-corrected chi connectivity index (χ3v) is 3.40. The highest BCUT2D eigenvalue weighted by molar-refractivity contribution is 4.87. The molecular formula is C13H23N3O2. The van der Waals surface area contributed by atoms with Crippen molar-refractivity contribution in [2.45, 2.75) is 64.2 Å². The zero-order valence-electron chi connectivity index (χ0n) is 11.1. The molecular weight excluding hydrogens is 230 g/mol. The van der Waals surface area contributed by atoms with Crippen LogP contribution in [0.15, 0.2) is 6.33 Å². The monoisotopic (exact) mass is 253 g/mol. The summed E-state index contributed by atoms with van der Waals surface area (Å²) < 4.78 is 7.44. The third-order valence-electron chi connectivity index (χ3n) is 3.40. The molecule has 5 nitrogen and oxygen atoms in total. The van der Waals surface area contributed by atoms with Crippen molar-refractivity contribution in [3.63, 3.8) is 0 Å². The van der Waals surface area contributed by atoms with Crippen molar-refractivity contribution in [1.29, 1.82) is 0 Å². The zero-order chi connectivity index (χ0) is 12.8. The Kier molecular flexibility index (Phi) is 5.13. The molecule has 1 aliphatic rings. The van der Waals surface area contributed by atoms with E-state index in [1.165, 1.54) is 0 Å². The summed E-state index contributed by atoms with van der Waals surface area (Å²) in [5.41, 5.74) is 0. The smallest absolute Gasteiger partial charge is 0.138 e. The van der Waals surface area contributed by atoms with Gasteiger partial charge in [0.15, 0.2) is 0 Å². The fourth-order valence-electron chi connectivity index (χ4n) is 2.41. The molecule has 1 fully saturated rings. The van der Waals surface area contributed by atoms with E-state index < -0.39 is 0 Å². The Balaban J connectivity index is 1.75. The minimum Gasteiger partial charge on any atom is -0.393 e. The maximum absolute atomic E-state index is 10.0. The van der Waals surface area contributed by atoms with Crippen LogP contribution < -0.4 is 0 Å². The molecule has 0 bridgehead atoms. The summed E-state index contributed by atoms with van der Waals surface area (Å²) >= 11 is 0. The van der Waals surface area contributed by atoms with Crippen molar-refractivity contribution >= 4 is 0 Å². The number of aryl methyl sites for hydroxylation is 1. The van der Waals surface area contributed by atoms with Crippen molar-refractivity contribution in [3.8, 4) is 0 Å². The molecule has 2 rings (SSSR count). The van der Waals surface area contributed by atoms with Gasteiger partial charge in [-0.05, 0) is 32.1 Å². The van der Waals surface area contributed by atoms with Crippen LogP contribution in [0.2, 0.25) is 0 Å². The molecule has 2 unspecified atom stereocenters. The summed E-state index contributed by atoms with van der Waals surface area (Å²) in [5.74, 6) is 0.886. The lowest BCUT2D eigenvalue weighted by Crippen LogP contribution is -2.18. The van der Waals surface area contributed by atoms with Crippen LogP contribution >= 0.6 is 0 Å². The summed E-state index contributed by atoms with van der Waals surface area (Å²) in [5, 5.41) is 14.2. The summed E-state index contributed by atoms with van der Waals surface area (Å²) in [4.78, 5) is 4.22. The molecule has 2 atom stereocenters. The highest BCUT2D eigenvalue weighted by Gasteiger charge is 2.18. The molecule has 2 heterocycles. The maximum atomic E-state index is 10.0. The van der Waals surface area contributed by atoms with Crippen LogP contribution in [0.5, 0.6) is 0 Å². The van der Waals surface area contributed by atoms with Crippen LogP contribution in [-0.2, 0) is 17.7 Å². The Morgan fingerprint density at radius 1 is 1.61 bits per heavy atom. The van der Waals surface area contributed by atoms with E-state index in [-0.39, 0.29) is 6.10 Å². The van der Waals surface area contributed by atoms with Crippen molar-refractivity contribution in [1.82, 2.24) is 14.8 Å². The van der Waals surface area contributed by atoms with E-state index in [0.29, 0.717) is 12.5 Å². The second-order valence-electron chi connectivity index (χ2n) is 4.97. The third kappa shape index (κ3) is 3.78. The molecule has 0 radical (unpaired) electrons. The molecule has 1 aromatic rings. The van der Waals surface area contributed by atoms with Crippen LogP contribution in [0, 0.1) is 0 Å². The average Bonchev–Trinajstić information content (AvgIpc) is 2.99. The predicted molar refractivity (Wildman–Crippen MR) is 68.2 cm³/mol. The van der Waals surface area contributed by atoms with E-state index >= 15 is 0 Å². The van der Waals surface area contributed by atoms with E-state index in [1.54, 1.807) is 6.33 Å². The average molecular weight is 253 g/mol. The van der Waals surface area contributed by atoms with Gasteiger partial charge in [-0.25, -0.2) is 4.98 Å². The Morgan fingerprint density at radius 2 is 2.50 bits per heavy atom. The van der Waals surface area contributed by atoms with Gasteiger partial charge in [-0.1, -0.05) is 6.92 Å². The molecule has 18 heavy (non-hydrogen) atoms. The van der Waals surface area contributed by atoms with Crippen molar-refractivity contribution < 1.29 is 9.84 Å². The van der Waals surface area contributed by atoms with Gasteiger partial charge in [0, 0.05) is 19.6 Å². The number of rotatable bonds is 7. The largest absolute Gasteiger partial charge is 0.393 e. The van der Waals surface area contributed by atoms with Crippen molar-refractivity contribution in [3.05, 3.63) is 12.2 Å². The lowest BCUT2D eigenvalue weighted by atomic mass is 10.1. The molecule has 1 saturated heterocycles. The van der Waals surface area contributed by atoms with Gasteiger partial charge in [0.2, 0.25) is 0 Å². The van der Waals surface area contributed by atoms with Crippen LogP contribution in [0.3, 0.4) is 0 Å². The Bertz CT molecular complexity index is 348. The van der Waals surface area contributed by atoms with E-state index in [2.05, 4.69) is 17.0 Å². The number of aliphatic hydroxyl groups is 1. The van der Waals surface area contributed by atoms with Crippen molar-refractivity contribution in [2.75, 3.05) is 6.61 Å². The summed E-state index contributed by atoms with van der Waals surface area (Å²) in [6.07, 6.45) is 7.23. The van der Waals surface area contributed by atoms with Crippen molar-refractivity contribution in [2.24, 2.45) is 0 Å². The fraction of sp³-hybridized carbons (Fsp3) is 0.846. The topological polar surface area (TPSA) is 60.2 Å². The van der Waals surface area contributed by atoms with E-state index in [0.717, 1.165) is 51.1 Å². The molecule has 102 valence electrons. The molecule has 0 saturated carbocycles. The van der Waals surface area contributed by atoms with Gasteiger partial charge < -0.3 is 9.84 Å². The minimum absolute atomic E-state index is 0.339. The van der Waals surface area contributed by atoms with Gasteiger partial charge >= 0.3 is 0 Å². The predicted octanol–water partition coefficient (Wildman–Crippen LogP) is 1.55. The molecule has 5 heteroatoms. The number of hydrogen-bond donors (Lipinski definition) is 1. The molecule has 1 N–H and O–H groups in total. The lowest BCUT2D eigenvalue weighted by molar-refractivity contribution is 0.0805. The van der Waals surface area contributed by atoms with Gasteiger partial charge in [-0.15, -0.1) is 0 Å². The Labute approximate surface area is 108 Å². The number of nitrogens with zero attached hydrogens (tertiary/aromatic N) is 3. The summed E-state index contributed by atoms with van der Waals surface area (Å²) in [7, 11) is 0. The first-order valence-corrected chi connectivity index (χ1v) is 6.96. The molecule has 0 amide bonds. The highest BCUT2D eigenvalue weighted by atomic mass is 16.5. The van der Waals surface area contributed by atoms with Gasteiger partial charge in [0.05, 0.1) is 12.2 Å². The van der Waals surface area contributed by atoms with Gasteiger partial charge in [0.25, 0.3) is 0 Å². The van der Waals surface area contributed by atoms with Crippen LogP contribution in [0.4, 0.5) is 0 Å². The fourth-order valence-corrected chi connectivity index (χ4v) is 2.41. The normalized spacial score (nSPS) is 21.3. The van der Waals surface area contributed by atoms with Gasteiger partial charge in [-0.2, -0.15) is 5.10 Å². The zero-order valence-corrected chi connectivity index (χ0v) is 11.1. The summed E-state index contributed by atoms with van der Waals surface area (Å²) in [6.45, 7) is 3.86. The first-order chi connectivity index (χ1) is 8.79. The molecule has 0 aromatic carbocycles. The Hall–Kier alpha value is -0.940. The maximum Gasteiger partial charge on any atom is 0.138 e. The van der Waals surface area contributed by atoms with Crippen LogP contribution in [0.1, 0.15) is 44.9 Å². The molecule has 1 aromatic heterocycles. The van der Waals surface area contributed by atoms with Gasteiger partial charge in [0.1, 0.15) is 12.2 Å². The number of hydrogen-bond acceptors (Lipinski definition) is 4. The highest BCUT2D eigenvalue weighted by Crippen LogP contribution is 2.18. The van der Waals surface area contributed by atoms with Crippen LogP contribution in [0.25, 0.3) is 0 Å². The van der Waals surface area contributed by atoms with E-state index in [1.807, 2.05) is 4.68 Å². The van der Waals surface area contributed by atoms with Gasteiger partial charge in [-0.3, -0.25) is 4.68 Å². The lowest BCUT2D eigenvalue weighted by Gasteiger charge is -2.13. The molecule has 0 aliphatic carbocycles. The number of aromatic nitrogens is 3. The second-order valence-corrected chi connectivity index (χ2v) is 4.97. The van der Waals surface area contributed by atoms with E-state index in [9.17, 15) is 5.11 Å². The standard InChI is InChI=1S/C13H23N3O2/c1-2-7-16-13(14-10-15-16)9-11(17)5-6-12-4-3-8-18-12/h10-12,17H,2-9H2,1H3. The van der Waals surface area contributed by atoms with Crippen LogP contribution in [-0.4, -0.2) is 38.7 Å². The number of ether oxygens (including phenoxy) is 1. The second kappa shape index (κ2) is 6.85. The quantitative estimate of drug-likeness (QED) is 0.801. The molecule has 1 aliphatic heterocycles. The van der Waals surface area contributed by atoms with E-state index in [4.69, 9.17) is 4.74 Å². The number of aliphatic hydroxyl groups excluding tert-OH is 1. The SMILES string of the molecule is CCCn1ncnc1CC(O)CCC1CCCO1. The summed E-state index contributed by atoms with van der Waals surface area (Å²) in [6, 6.07) is 0. The minimum atomic E-state index is -0.339. The first-order valence-electron chi connectivity index (χ1n) is 6.96.